The predicted octanol–water partition coefficient (Wildman–Crippen LogP) is 2.78. The van der Waals surface area contributed by atoms with Crippen LogP contribution in [0.25, 0.3) is 0 Å². The van der Waals surface area contributed by atoms with Crippen LogP contribution in [0.1, 0.15) is 17.5 Å². The summed E-state index contributed by atoms with van der Waals surface area (Å²) in [6.45, 7) is 0. The van der Waals surface area contributed by atoms with Gasteiger partial charge in [-0.1, -0.05) is 11.9 Å². The van der Waals surface area contributed by atoms with Gasteiger partial charge in [-0.05, 0) is 37.4 Å². The second kappa shape index (κ2) is 8.03. The fourth-order valence-electron chi connectivity index (χ4n) is 1.23. The average molecular weight is 263 g/mol. The Kier molecular flexibility index (Phi) is 6.57. The molecular formula is C12H13N3S2. The third kappa shape index (κ3) is 4.70. The zero-order valence-corrected chi connectivity index (χ0v) is 11.2. The molecule has 0 amide bonds. The van der Waals surface area contributed by atoms with Crippen LogP contribution in [0.3, 0.4) is 0 Å². The molecule has 0 atom stereocenters. The van der Waals surface area contributed by atoms with Gasteiger partial charge in [-0.25, -0.2) is 0 Å². The Morgan fingerprint density at radius 1 is 1.18 bits per heavy atom. The summed E-state index contributed by atoms with van der Waals surface area (Å²) in [6.07, 6.45) is 1.11. The van der Waals surface area contributed by atoms with Crippen molar-refractivity contribution in [2.45, 2.75) is 11.3 Å². The highest BCUT2D eigenvalue weighted by molar-refractivity contribution is 7.99. The minimum atomic E-state index is 0.447. The van der Waals surface area contributed by atoms with Crippen LogP contribution in [0.2, 0.25) is 0 Å². The van der Waals surface area contributed by atoms with Crippen molar-refractivity contribution in [1.82, 2.24) is 4.72 Å². The normalized spacial score (nSPS) is 9.59. The van der Waals surface area contributed by atoms with Gasteiger partial charge in [-0.15, -0.1) is 11.8 Å². The Labute approximate surface area is 110 Å². The molecule has 0 bridgehead atoms. The number of rotatable bonds is 6. The lowest BCUT2D eigenvalue weighted by Gasteiger charge is -2.02. The Morgan fingerprint density at radius 2 is 1.94 bits per heavy atom. The molecular weight excluding hydrogens is 250 g/mol. The maximum atomic E-state index is 8.89. The largest absolute Gasteiger partial charge is 0.267 e. The molecule has 0 saturated heterocycles. The molecule has 0 saturated carbocycles. The molecule has 0 aliphatic rings. The molecule has 0 heterocycles. The van der Waals surface area contributed by atoms with Gasteiger partial charge in [0, 0.05) is 10.6 Å². The number of hydrogen-bond donors (Lipinski definition) is 1. The summed E-state index contributed by atoms with van der Waals surface area (Å²) in [4.78, 5) is 1.05. The summed E-state index contributed by atoms with van der Waals surface area (Å²) in [5, 5.41) is 17.7. The van der Waals surface area contributed by atoms with Crippen molar-refractivity contribution in [3.05, 3.63) is 29.3 Å². The molecule has 17 heavy (non-hydrogen) atoms. The van der Waals surface area contributed by atoms with E-state index >= 15 is 0 Å². The van der Waals surface area contributed by atoms with Crippen LogP contribution in [0.4, 0.5) is 0 Å². The first-order valence-corrected chi connectivity index (χ1v) is 7.14. The smallest absolute Gasteiger partial charge is 0.101 e. The highest BCUT2D eigenvalue weighted by Crippen LogP contribution is 2.22. The van der Waals surface area contributed by atoms with E-state index in [9.17, 15) is 0 Å². The van der Waals surface area contributed by atoms with Gasteiger partial charge in [0.1, 0.15) is 12.1 Å². The number of benzene rings is 1. The Bertz CT molecular complexity index is 446. The maximum Gasteiger partial charge on any atom is 0.101 e. The SMILES string of the molecule is CNSCCCSc1ccc(C#N)c(C#N)c1. The van der Waals surface area contributed by atoms with Gasteiger partial charge in [0.05, 0.1) is 11.1 Å². The molecule has 0 fully saturated rings. The van der Waals surface area contributed by atoms with Crippen LogP contribution in [0.5, 0.6) is 0 Å². The molecule has 1 aromatic carbocycles. The first-order chi connectivity index (χ1) is 8.31. The van der Waals surface area contributed by atoms with Gasteiger partial charge in [0.2, 0.25) is 0 Å². The number of thioether (sulfide) groups is 1. The van der Waals surface area contributed by atoms with Crippen molar-refractivity contribution in [2.75, 3.05) is 18.6 Å². The van der Waals surface area contributed by atoms with E-state index < -0.39 is 0 Å². The van der Waals surface area contributed by atoms with Gasteiger partial charge in [-0.3, -0.25) is 4.72 Å². The molecule has 0 spiro atoms. The lowest BCUT2D eigenvalue weighted by Crippen LogP contribution is -1.94. The number of nitrogens with zero attached hydrogens (tertiary/aromatic N) is 2. The standard InChI is InChI=1S/C12H13N3S2/c1-15-17-6-2-5-16-12-4-3-10(8-13)11(7-12)9-14/h3-4,7,15H,2,5-6H2,1H3. The Hall–Kier alpha value is -1.14. The highest BCUT2D eigenvalue weighted by atomic mass is 32.2. The lowest BCUT2D eigenvalue weighted by molar-refractivity contribution is 1.11. The summed E-state index contributed by atoms with van der Waals surface area (Å²) in [5.74, 6) is 2.09. The average Bonchev–Trinajstić information content (AvgIpc) is 2.38. The summed E-state index contributed by atoms with van der Waals surface area (Å²) in [7, 11) is 1.91. The van der Waals surface area contributed by atoms with Crippen molar-refractivity contribution in [3.63, 3.8) is 0 Å². The van der Waals surface area contributed by atoms with Crippen LogP contribution >= 0.6 is 23.7 Å². The molecule has 0 aromatic heterocycles. The zero-order chi connectivity index (χ0) is 12.5. The summed E-state index contributed by atoms with van der Waals surface area (Å²) in [5.41, 5.74) is 0.907. The molecule has 5 heteroatoms. The van der Waals surface area contributed by atoms with Crippen LogP contribution in [0, 0.1) is 22.7 Å². The second-order valence-corrected chi connectivity index (χ2v) is 5.46. The second-order valence-electron chi connectivity index (χ2n) is 3.19. The zero-order valence-electron chi connectivity index (χ0n) is 9.56. The molecule has 1 aromatic rings. The predicted molar refractivity (Wildman–Crippen MR) is 72.7 cm³/mol. The topological polar surface area (TPSA) is 59.6 Å². The van der Waals surface area contributed by atoms with E-state index in [-0.39, 0.29) is 0 Å². The third-order valence-electron chi connectivity index (χ3n) is 2.04. The van der Waals surface area contributed by atoms with Crippen molar-refractivity contribution >= 4 is 23.7 Å². The highest BCUT2D eigenvalue weighted by Gasteiger charge is 2.03. The summed E-state index contributed by atoms with van der Waals surface area (Å²) in [6, 6.07) is 9.46. The van der Waals surface area contributed by atoms with Gasteiger partial charge in [-0.2, -0.15) is 10.5 Å². The fraction of sp³-hybridized carbons (Fsp3) is 0.333. The van der Waals surface area contributed by atoms with Crippen molar-refractivity contribution in [3.8, 4) is 12.1 Å². The molecule has 0 unspecified atom stereocenters. The van der Waals surface area contributed by atoms with E-state index in [1.54, 1.807) is 35.8 Å². The van der Waals surface area contributed by atoms with E-state index in [4.69, 9.17) is 10.5 Å². The molecule has 0 aliphatic heterocycles. The molecule has 0 aliphatic carbocycles. The molecule has 3 nitrogen and oxygen atoms in total. The van der Waals surface area contributed by atoms with Crippen LogP contribution in [0.15, 0.2) is 23.1 Å². The van der Waals surface area contributed by atoms with Crippen LogP contribution < -0.4 is 4.72 Å². The van der Waals surface area contributed by atoms with Crippen molar-refractivity contribution in [2.24, 2.45) is 0 Å². The van der Waals surface area contributed by atoms with Gasteiger partial charge >= 0.3 is 0 Å². The van der Waals surface area contributed by atoms with E-state index in [0.717, 1.165) is 22.8 Å². The molecule has 1 rings (SSSR count). The maximum absolute atomic E-state index is 8.89. The number of hydrogen-bond acceptors (Lipinski definition) is 5. The Morgan fingerprint density at radius 3 is 2.59 bits per heavy atom. The number of nitrogens with one attached hydrogen (secondary N) is 1. The van der Waals surface area contributed by atoms with Crippen molar-refractivity contribution < 1.29 is 0 Å². The van der Waals surface area contributed by atoms with E-state index in [1.165, 1.54) is 0 Å². The first-order valence-electron chi connectivity index (χ1n) is 5.17. The van der Waals surface area contributed by atoms with E-state index in [0.29, 0.717) is 11.1 Å². The summed E-state index contributed by atoms with van der Waals surface area (Å²) >= 11 is 3.42. The van der Waals surface area contributed by atoms with Gasteiger partial charge < -0.3 is 0 Å². The van der Waals surface area contributed by atoms with Crippen LogP contribution in [-0.4, -0.2) is 18.6 Å². The fourth-order valence-corrected chi connectivity index (χ4v) is 2.79. The molecule has 88 valence electrons. The summed E-state index contributed by atoms with van der Waals surface area (Å²) < 4.78 is 3.03. The van der Waals surface area contributed by atoms with Gasteiger partial charge in [0.25, 0.3) is 0 Å². The minimum Gasteiger partial charge on any atom is -0.267 e. The monoisotopic (exact) mass is 263 g/mol. The van der Waals surface area contributed by atoms with Crippen LogP contribution in [-0.2, 0) is 0 Å². The molecule has 1 N–H and O–H groups in total. The van der Waals surface area contributed by atoms with Crippen molar-refractivity contribution in [1.29, 1.82) is 10.5 Å². The minimum absolute atomic E-state index is 0.447. The lowest BCUT2D eigenvalue weighted by atomic mass is 10.1. The quantitative estimate of drug-likeness (QED) is 0.486. The van der Waals surface area contributed by atoms with Gasteiger partial charge in [0.15, 0.2) is 0 Å². The van der Waals surface area contributed by atoms with E-state index in [2.05, 4.69) is 4.72 Å². The molecule has 0 radical (unpaired) electrons. The van der Waals surface area contributed by atoms with E-state index in [1.807, 2.05) is 25.3 Å². The first kappa shape index (κ1) is 13.9. The third-order valence-corrected chi connectivity index (χ3v) is 3.90. The number of nitriles is 2. The Balaban J connectivity index is 2.50.